The fourth-order valence-electron chi connectivity index (χ4n) is 2.90. The first-order valence-electron chi connectivity index (χ1n) is 6.63. The molecule has 1 fully saturated rings. The highest BCUT2D eigenvalue weighted by molar-refractivity contribution is 5.82. The van der Waals surface area contributed by atoms with Gasteiger partial charge >= 0.3 is 5.69 Å². The molecule has 0 spiro atoms. The molecule has 0 atom stereocenters. The van der Waals surface area contributed by atoms with Gasteiger partial charge in [0, 0.05) is 6.04 Å². The first-order chi connectivity index (χ1) is 9.61. The van der Waals surface area contributed by atoms with Gasteiger partial charge in [0.2, 0.25) is 0 Å². The van der Waals surface area contributed by atoms with Gasteiger partial charge < -0.3 is 9.88 Å². The molecule has 1 aliphatic rings. The zero-order chi connectivity index (χ0) is 14.3. The van der Waals surface area contributed by atoms with Crippen LogP contribution in [0.5, 0.6) is 0 Å². The number of H-pyrrole nitrogens is 1. The number of rotatable bonds is 1. The van der Waals surface area contributed by atoms with E-state index >= 15 is 0 Å². The summed E-state index contributed by atoms with van der Waals surface area (Å²) in [6.07, 6.45) is 1.65. The van der Waals surface area contributed by atoms with Crippen LogP contribution in [0.4, 0.5) is 4.39 Å². The van der Waals surface area contributed by atoms with E-state index in [1.165, 1.54) is 12.1 Å². The number of hydrogen-bond acceptors (Lipinski definition) is 3. The fourth-order valence-corrected chi connectivity index (χ4v) is 2.90. The largest absolute Gasteiger partial charge is 0.326 e. The van der Waals surface area contributed by atoms with E-state index in [9.17, 15) is 9.18 Å². The predicted octanol–water partition coefficient (Wildman–Crippen LogP) is 1.61. The van der Waals surface area contributed by atoms with Gasteiger partial charge in [-0.15, -0.1) is 0 Å². The van der Waals surface area contributed by atoms with E-state index in [2.05, 4.69) is 9.88 Å². The molecule has 0 radical (unpaired) electrons. The van der Waals surface area contributed by atoms with E-state index in [0.29, 0.717) is 11.0 Å². The van der Waals surface area contributed by atoms with Crippen LogP contribution in [0.3, 0.4) is 0 Å². The Kier molecular flexibility index (Phi) is 3.07. The maximum Gasteiger partial charge on any atom is 0.326 e. The van der Waals surface area contributed by atoms with Crippen molar-refractivity contribution in [3.05, 3.63) is 34.0 Å². The van der Waals surface area contributed by atoms with Crippen LogP contribution in [0.25, 0.3) is 11.0 Å². The Labute approximate surface area is 115 Å². The maximum atomic E-state index is 13.8. The van der Waals surface area contributed by atoms with Crippen molar-refractivity contribution in [1.82, 2.24) is 14.5 Å². The number of likely N-dealkylation sites (tertiary alicyclic amines) is 1. The average molecular weight is 274 g/mol. The molecule has 2 aromatic rings. The Hall–Kier alpha value is -2.13. The first kappa shape index (κ1) is 12.9. The van der Waals surface area contributed by atoms with Gasteiger partial charge in [-0.25, -0.2) is 9.18 Å². The summed E-state index contributed by atoms with van der Waals surface area (Å²) >= 11 is 0. The van der Waals surface area contributed by atoms with Crippen LogP contribution in [-0.2, 0) is 0 Å². The topological polar surface area (TPSA) is 64.8 Å². The Balaban J connectivity index is 2.20. The Bertz CT molecular complexity index is 747. The summed E-state index contributed by atoms with van der Waals surface area (Å²) in [6, 6.07) is 4.62. The average Bonchev–Trinajstić information content (AvgIpc) is 2.76. The minimum absolute atomic E-state index is 0.0151. The van der Waals surface area contributed by atoms with E-state index < -0.39 is 5.82 Å². The maximum absolute atomic E-state index is 13.8. The molecule has 2 heterocycles. The first-order valence-corrected chi connectivity index (χ1v) is 6.63. The Morgan fingerprint density at radius 3 is 2.75 bits per heavy atom. The molecular weight excluding hydrogens is 259 g/mol. The van der Waals surface area contributed by atoms with Crippen molar-refractivity contribution in [2.45, 2.75) is 18.9 Å². The normalized spacial score (nSPS) is 17.4. The molecule has 0 bridgehead atoms. The van der Waals surface area contributed by atoms with Crippen molar-refractivity contribution in [3.63, 3.8) is 0 Å². The molecule has 6 heteroatoms. The van der Waals surface area contributed by atoms with Gasteiger partial charge in [-0.3, -0.25) is 4.57 Å². The summed E-state index contributed by atoms with van der Waals surface area (Å²) in [5.41, 5.74) is 0.593. The van der Waals surface area contributed by atoms with Crippen LogP contribution in [0.15, 0.2) is 16.9 Å². The molecule has 1 aromatic carbocycles. The quantitative estimate of drug-likeness (QED) is 0.859. The number of nitrogens with zero attached hydrogens (tertiary/aromatic N) is 3. The van der Waals surface area contributed by atoms with Crippen molar-refractivity contribution in [1.29, 1.82) is 5.26 Å². The molecule has 1 aromatic heterocycles. The molecular formula is C14H15FN4O. The second-order valence-electron chi connectivity index (χ2n) is 5.26. The summed E-state index contributed by atoms with van der Waals surface area (Å²) in [4.78, 5) is 17.1. The van der Waals surface area contributed by atoms with Crippen LogP contribution in [0.2, 0.25) is 0 Å². The van der Waals surface area contributed by atoms with E-state index in [1.54, 1.807) is 4.57 Å². The highest BCUT2D eigenvalue weighted by atomic mass is 19.1. The number of benzene rings is 1. The zero-order valence-electron chi connectivity index (χ0n) is 11.2. The number of aromatic nitrogens is 2. The smallest absolute Gasteiger partial charge is 0.306 e. The number of nitrogens with one attached hydrogen (secondary N) is 1. The van der Waals surface area contributed by atoms with E-state index in [4.69, 9.17) is 5.26 Å². The molecule has 0 amide bonds. The van der Waals surface area contributed by atoms with Gasteiger partial charge in [-0.1, -0.05) is 0 Å². The third-order valence-electron chi connectivity index (χ3n) is 3.99. The standard InChI is InChI=1S/C14H15FN4O/c1-18-6-4-9(5-7-18)19-13-10(8-16)11(15)2-3-12(13)17-14(19)20/h2-3,9H,4-7H2,1H3,(H,17,20). The molecule has 1 saturated heterocycles. The van der Waals surface area contributed by atoms with Crippen LogP contribution in [0.1, 0.15) is 24.4 Å². The molecule has 3 rings (SSSR count). The molecule has 0 aliphatic carbocycles. The van der Waals surface area contributed by atoms with E-state index in [0.717, 1.165) is 25.9 Å². The molecule has 0 unspecified atom stereocenters. The number of fused-ring (bicyclic) bond motifs is 1. The van der Waals surface area contributed by atoms with Gasteiger partial charge in [-0.05, 0) is 45.1 Å². The highest BCUT2D eigenvalue weighted by Gasteiger charge is 2.24. The number of halogens is 1. The lowest BCUT2D eigenvalue weighted by atomic mass is 10.0. The molecule has 1 aliphatic heterocycles. The number of piperidine rings is 1. The molecule has 5 nitrogen and oxygen atoms in total. The summed E-state index contributed by atoms with van der Waals surface area (Å²) in [5, 5.41) is 9.16. The monoisotopic (exact) mass is 274 g/mol. The van der Waals surface area contributed by atoms with Crippen molar-refractivity contribution in [2.75, 3.05) is 20.1 Å². The van der Waals surface area contributed by atoms with Crippen LogP contribution in [-0.4, -0.2) is 34.6 Å². The van der Waals surface area contributed by atoms with E-state index in [1.807, 2.05) is 13.1 Å². The van der Waals surface area contributed by atoms with Crippen molar-refractivity contribution in [2.24, 2.45) is 0 Å². The van der Waals surface area contributed by atoms with Crippen LogP contribution < -0.4 is 5.69 Å². The van der Waals surface area contributed by atoms with Crippen molar-refractivity contribution < 1.29 is 4.39 Å². The summed E-state index contributed by atoms with van der Waals surface area (Å²) in [6.45, 7) is 1.78. The fraction of sp³-hybridized carbons (Fsp3) is 0.429. The SMILES string of the molecule is CN1CCC(n2c(=O)[nH]c3ccc(F)c(C#N)c32)CC1. The van der Waals surface area contributed by atoms with Crippen LogP contribution >= 0.6 is 0 Å². The number of hydrogen-bond donors (Lipinski definition) is 1. The van der Waals surface area contributed by atoms with Crippen molar-refractivity contribution >= 4 is 11.0 Å². The molecule has 20 heavy (non-hydrogen) atoms. The zero-order valence-corrected chi connectivity index (χ0v) is 11.2. The third-order valence-corrected chi connectivity index (χ3v) is 3.99. The summed E-state index contributed by atoms with van der Waals surface area (Å²) in [5.74, 6) is -0.583. The van der Waals surface area contributed by atoms with E-state index in [-0.39, 0.29) is 17.3 Å². The van der Waals surface area contributed by atoms with Gasteiger partial charge in [0.15, 0.2) is 0 Å². The summed E-state index contributed by atoms with van der Waals surface area (Å²) < 4.78 is 15.3. The lowest BCUT2D eigenvalue weighted by Gasteiger charge is -2.29. The minimum Gasteiger partial charge on any atom is -0.306 e. The van der Waals surface area contributed by atoms with Crippen LogP contribution in [0, 0.1) is 17.1 Å². The highest BCUT2D eigenvalue weighted by Crippen LogP contribution is 2.27. The molecule has 0 saturated carbocycles. The molecule has 1 N–H and O–H groups in total. The van der Waals surface area contributed by atoms with Gasteiger partial charge in [-0.2, -0.15) is 5.26 Å². The van der Waals surface area contributed by atoms with Gasteiger partial charge in [0.1, 0.15) is 17.4 Å². The second-order valence-corrected chi connectivity index (χ2v) is 5.26. The third kappa shape index (κ3) is 1.91. The lowest BCUT2D eigenvalue weighted by molar-refractivity contribution is 0.221. The van der Waals surface area contributed by atoms with Crippen molar-refractivity contribution in [3.8, 4) is 6.07 Å². The minimum atomic E-state index is -0.583. The Morgan fingerprint density at radius 2 is 2.10 bits per heavy atom. The lowest BCUT2D eigenvalue weighted by Crippen LogP contribution is -2.34. The summed E-state index contributed by atoms with van der Waals surface area (Å²) in [7, 11) is 2.04. The number of nitriles is 1. The predicted molar refractivity (Wildman–Crippen MR) is 73.0 cm³/mol. The second kappa shape index (κ2) is 4.76. The number of aromatic amines is 1. The molecule has 104 valence electrons. The Morgan fingerprint density at radius 1 is 1.40 bits per heavy atom. The van der Waals surface area contributed by atoms with Gasteiger partial charge in [0.05, 0.1) is 11.0 Å². The van der Waals surface area contributed by atoms with Gasteiger partial charge in [0.25, 0.3) is 0 Å². The number of imidazole rings is 1.